The van der Waals surface area contributed by atoms with Gasteiger partial charge in [-0.05, 0) is 29.7 Å². The number of fused-ring (bicyclic) bond motifs is 1. The molecule has 0 saturated carbocycles. The van der Waals surface area contributed by atoms with E-state index in [1.165, 1.54) is 11.3 Å². The number of thiophene rings is 1. The van der Waals surface area contributed by atoms with Crippen LogP contribution in [0.25, 0.3) is 10.2 Å². The molecule has 0 amide bonds. The number of hydrogen-bond acceptors (Lipinski definition) is 6. The Kier molecular flexibility index (Phi) is 7.01. The van der Waals surface area contributed by atoms with Gasteiger partial charge in [0.15, 0.2) is 0 Å². The number of esters is 1. The lowest BCUT2D eigenvalue weighted by Crippen LogP contribution is -2.24. The summed E-state index contributed by atoms with van der Waals surface area (Å²) in [5, 5.41) is 0.939. The summed E-state index contributed by atoms with van der Waals surface area (Å²) >= 11 is 7.42. The van der Waals surface area contributed by atoms with Crippen molar-refractivity contribution in [3.63, 3.8) is 0 Å². The number of anilines is 1. The van der Waals surface area contributed by atoms with Crippen molar-refractivity contribution >= 4 is 44.9 Å². The van der Waals surface area contributed by atoms with Gasteiger partial charge in [-0.1, -0.05) is 42.5 Å². The first kappa shape index (κ1) is 21.0. The van der Waals surface area contributed by atoms with E-state index < -0.39 is 0 Å². The van der Waals surface area contributed by atoms with Gasteiger partial charge in [0.05, 0.1) is 12.0 Å². The van der Waals surface area contributed by atoms with E-state index >= 15 is 0 Å². The minimum Gasteiger partial charge on any atom is -0.461 e. The first-order valence-corrected chi connectivity index (χ1v) is 10.4. The van der Waals surface area contributed by atoms with Crippen LogP contribution < -0.4 is 4.90 Å². The topological polar surface area (TPSA) is 55.3 Å². The summed E-state index contributed by atoms with van der Waals surface area (Å²) in [5.74, 6) is 0.305. The average molecular weight is 428 g/mol. The van der Waals surface area contributed by atoms with Crippen LogP contribution >= 0.6 is 22.9 Å². The summed E-state index contributed by atoms with van der Waals surface area (Å²) in [4.78, 5) is 24.6. The highest BCUT2D eigenvalue weighted by Gasteiger charge is 2.23. The number of ether oxygens (including phenoxy) is 1. The van der Waals surface area contributed by atoms with Gasteiger partial charge in [-0.25, -0.2) is 9.78 Å². The quantitative estimate of drug-likeness (QED) is 0.266. The van der Waals surface area contributed by atoms with E-state index in [9.17, 15) is 4.79 Å². The summed E-state index contributed by atoms with van der Waals surface area (Å²) in [6, 6.07) is 9.92. The Labute approximate surface area is 179 Å². The molecule has 2 aromatic heterocycles. The van der Waals surface area contributed by atoms with Gasteiger partial charge < -0.3 is 9.64 Å². The molecular weight excluding hydrogens is 406 g/mol. The summed E-state index contributed by atoms with van der Waals surface area (Å²) < 4.78 is 5.51. The van der Waals surface area contributed by atoms with E-state index in [1.807, 2.05) is 42.2 Å². The standard InChI is InChI=1S/C22H22ClN3O2S/c1-4-12-26(13-5-2)19-17-15(3)18(29-20(17)25-22(23)24-19)21(27)28-14-11-16-9-7-6-8-10-16/h4-10H,1-2,11-14H2,3H3. The number of nitrogens with zero attached hydrogens (tertiary/aromatic N) is 3. The van der Waals surface area contributed by atoms with Gasteiger partial charge in [0.1, 0.15) is 15.5 Å². The molecule has 150 valence electrons. The minimum absolute atomic E-state index is 0.135. The molecule has 5 nitrogen and oxygen atoms in total. The summed E-state index contributed by atoms with van der Waals surface area (Å²) in [7, 11) is 0. The monoisotopic (exact) mass is 427 g/mol. The maximum Gasteiger partial charge on any atom is 0.348 e. The zero-order valence-corrected chi connectivity index (χ0v) is 17.8. The SMILES string of the molecule is C=CCN(CC=C)c1nc(Cl)nc2sc(C(=O)OCCc3ccccc3)c(C)c12. The van der Waals surface area contributed by atoms with Gasteiger partial charge in [-0.2, -0.15) is 4.98 Å². The number of halogens is 1. The van der Waals surface area contributed by atoms with E-state index in [4.69, 9.17) is 16.3 Å². The molecule has 0 N–H and O–H groups in total. The molecule has 2 heterocycles. The third-order valence-corrected chi connectivity index (χ3v) is 5.73. The highest BCUT2D eigenvalue weighted by Crippen LogP contribution is 2.36. The second-order valence-corrected chi connectivity index (χ2v) is 7.74. The lowest BCUT2D eigenvalue weighted by atomic mass is 10.2. The molecule has 29 heavy (non-hydrogen) atoms. The van der Waals surface area contributed by atoms with Crippen LogP contribution in [0.2, 0.25) is 5.28 Å². The van der Waals surface area contributed by atoms with Crippen LogP contribution in [0, 0.1) is 6.92 Å². The normalized spacial score (nSPS) is 10.7. The van der Waals surface area contributed by atoms with Crippen LogP contribution in [0.15, 0.2) is 55.6 Å². The molecule has 7 heteroatoms. The van der Waals surface area contributed by atoms with Crippen molar-refractivity contribution in [1.29, 1.82) is 0 Å². The smallest absolute Gasteiger partial charge is 0.348 e. The van der Waals surface area contributed by atoms with Crippen LogP contribution in [0.4, 0.5) is 5.82 Å². The number of rotatable bonds is 9. The molecular formula is C22H22ClN3O2S. The zero-order chi connectivity index (χ0) is 20.8. The molecule has 0 aliphatic rings. The Hall–Kier alpha value is -2.70. The molecule has 0 radical (unpaired) electrons. The molecule has 3 rings (SSSR count). The van der Waals surface area contributed by atoms with Crippen molar-refractivity contribution in [2.75, 3.05) is 24.6 Å². The van der Waals surface area contributed by atoms with Crippen LogP contribution in [0.3, 0.4) is 0 Å². The number of aryl methyl sites for hydroxylation is 1. The number of carbonyl (C=O) groups excluding carboxylic acids is 1. The first-order valence-electron chi connectivity index (χ1n) is 9.19. The number of hydrogen-bond donors (Lipinski definition) is 0. The van der Waals surface area contributed by atoms with Crippen molar-refractivity contribution in [3.8, 4) is 0 Å². The third kappa shape index (κ3) is 4.83. The van der Waals surface area contributed by atoms with Gasteiger partial charge in [-0.15, -0.1) is 24.5 Å². The van der Waals surface area contributed by atoms with Crippen LogP contribution in [0.1, 0.15) is 20.8 Å². The molecule has 0 aliphatic carbocycles. The number of aromatic nitrogens is 2. The van der Waals surface area contributed by atoms with Gasteiger partial charge in [0.2, 0.25) is 5.28 Å². The lowest BCUT2D eigenvalue weighted by molar-refractivity contribution is 0.0514. The average Bonchev–Trinajstić information content (AvgIpc) is 3.04. The maximum absolute atomic E-state index is 12.7. The molecule has 3 aromatic rings. The second-order valence-electron chi connectivity index (χ2n) is 6.41. The highest BCUT2D eigenvalue weighted by atomic mass is 35.5. The fraction of sp³-hybridized carbons (Fsp3) is 0.227. The fourth-order valence-corrected chi connectivity index (χ4v) is 4.33. The van der Waals surface area contributed by atoms with Crippen LogP contribution in [0.5, 0.6) is 0 Å². The predicted octanol–water partition coefficient (Wildman–Crippen LogP) is 5.23. The molecule has 1 aromatic carbocycles. The van der Waals surface area contributed by atoms with E-state index in [0.717, 1.165) is 16.5 Å². The minimum atomic E-state index is -0.359. The van der Waals surface area contributed by atoms with Crippen molar-refractivity contribution in [3.05, 3.63) is 76.9 Å². The first-order chi connectivity index (χ1) is 14.0. The Morgan fingerprint density at radius 3 is 2.55 bits per heavy atom. The Balaban J connectivity index is 1.88. The van der Waals surface area contributed by atoms with E-state index in [1.54, 1.807) is 12.2 Å². The van der Waals surface area contributed by atoms with Gasteiger partial charge >= 0.3 is 5.97 Å². The largest absolute Gasteiger partial charge is 0.461 e. The van der Waals surface area contributed by atoms with Crippen LogP contribution in [-0.4, -0.2) is 35.6 Å². The molecule has 0 fully saturated rings. The van der Waals surface area contributed by atoms with E-state index in [-0.39, 0.29) is 11.3 Å². The molecule has 0 atom stereocenters. The molecule has 0 bridgehead atoms. The Bertz CT molecular complexity index is 1020. The Morgan fingerprint density at radius 2 is 1.90 bits per heavy atom. The molecule has 0 unspecified atom stereocenters. The summed E-state index contributed by atoms with van der Waals surface area (Å²) in [5.41, 5.74) is 1.91. The summed E-state index contributed by atoms with van der Waals surface area (Å²) in [6.45, 7) is 10.9. The molecule has 0 spiro atoms. The third-order valence-electron chi connectivity index (χ3n) is 4.39. The highest BCUT2D eigenvalue weighted by molar-refractivity contribution is 7.20. The number of carbonyl (C=O) groups is 1. The fourth-order valence-electron chi connectivity index (χ4n) is 3.05. The molecule has 0 aliphatic heterocycles. The van der Waals surface area contributed by atoms with Crippen molar-refractivity contribution < 1.29 is 9.53 Å². The maximum atomic E-state index is 12.7. The second kappa shape index (κ2) is 9.67. The van der Waals surface area contributed by atoms with Crippen molar-refractivity contribution in [2.24, 2.45) is 0 Å². The van der Waals surface area contributed by atoms with Gasteiger partial charge in [-0.3, -0.25) is 0 Å². The van der Waals surface area contributed by atoms with E-state index in [2.05, 4.69) is 23.1 Å². The summed E-state index contributed by atoms with van der Waals surface area (Å²) in [6.07, 6.45) is 4.23. The predicted molar refractivity (Wildman–Crippen MR) is 120 cm³/mol. The van der Waals surface area contributed by atoms with Crippen molar-refractivity contribution in [1.82, 2.24) is 9.97 Å². The van der Waals surface area contributed by atoms with Crippen LogP contribution in [-0.2, 0) is 11.2 Å². The zero-order valence-electron chi connectivity index (χ0n) is 16.2. The van der Waals surface area contributed by atoms with Gasteiger partial charge in [0, 0.05) is 19.5 Å². The van der Waals surface area contributed by atoms with Gasteiger partial charge in [0.25, 0.3) is 0 Å². The van der Waals surface area contributed by atoms with E-state index in [0.29, 0.717) is 41.6 Å². The lowest BCUT2D eigenvalue weighted by Gasteiger charge is -2.21. The van der Waals surface area contributed by atoms with Crippen molar-refractivity contribution in [2.45, 2.75) is 13.3 Å². The number of benzene rings is 1. The molecule has 0 saturated heterocycles. The Morgan fingerprint density at radius 1 is 1.21 bits per heavy atom.